The molecule has 1 aliphatic carbocycles. The summed E-state index contributed by atoms with van der Waals surface area (Å²) in [6, 6.07) is 0.449. The number of nitrogens with two attached hydrogens (primary N) is 1. The number of rotatable bonds is 0. The number of ether oxygens (including phenoxy) is 1. The minimum Gasteiger partial charge on any atom is -0.375 e. The quantitative estimate of drug-likeness (QED) is 0.629. The van der Waals surface area contributed by atoms with Crippen LogP contribution in [-0.2, 0) is 4.74 Å². The molecule has 2 fully saturated rings. The normalized spacial score (nSPS) is 38.5. The molecule has 0 radical (unpaired) electrons. The van der Waals surface area contributed by atoms with Gasteiger partial charge in [-0.25, -0.2) is 0 Å². The molecule has 2 nitrogen and oxygen atoms in total. The zero-order valence-corrected chi connectivity index (χ0v) is 9.01. The minimum absolute atomic E-state index is 0.274. The van der Waals surface area contributed by atoms with Crippen LogP contribution in [0.5, 0.6) is 0 Å². The predicted octanol–water partition coefficient (Wildman–Crippen LogP) is 2.46. The van der Waals surface area contributed by atoms with Gasteiger partial charge in [-0.2, -0.15) is 0 Å². The van der Waals surface area contributed by atoms with Crippen LogP contribution in [0.2, 0.25) is 0 Å². The standard InChI is InChI=1S/C9H17NO.C2H6/c10-8-2-5-9(6-3-8)4-1-7-11-9;1-2/h8H,1-7,10H2;1-2H3. The molecule has 0 unspecified atom stereocenters. The van der Waals surface area contributed by atoms with Gasteiger partial charge in [0.15, 0.2) is 0 Å². The highest BCUT2D eigenvalue weighted by Gasteiger charge is 2.37. The van der Waals surface area contributed by atoms with Crippen LogP contribution in [0.25, 0.3) is 0 Å². The van der Waals surface area contributed by atoms with E-state index >= 15 is 0 Å². The summed E-state index contributed by atoms with van der Waals surface area (Å²) in [5.41, 5.74) is 6.10. The van der Waals surface area contributed by atoms with E-state index in [1.165, 1.54) is 38.5 Å². The second kappa shape index (κ2) is 4.97. The van der Waals surface area contributed by atoms with Gasteiger partial charge in [-0.3, -0.25) is 0 Å². The Morgan fingerprint density at radius 2 is 1.77 bits per heavy atom. The van der Waals surface area contributed by atoms with Crippen LogP contribution in [-0.4, -0.2) is 18.2 Å². The molecular formula is C11H23NO. The average molecular weight is 185 g/mol. The molecule has 2 N–H and O–H groups in total. The molecule has 13 heavy (non-hydrogen) atoms. The van der Waals surface area contributed by atoms with Gasteiger partial charge in [0.1, 0.15) is 0 Å². The van der Waals surface area contributed by atoms with Crippen LogP contribution in [0, 0.1) is 0 Å². The SMILES string of the molecule is CC.NC1CCC2(CCCO2)CC1. The van der Waals surface area contributed by atoms with E-state index in [1.54, 1.807) is 0 Å². The lowest BCUT2D eigenvalue weighted by molar-refractivity contribution is -0.0275. The van der Waals surface area contributed by atoms with E-state index in [0.717, 1.165) is 6.61 Å². The topological polar surface area (TPSA) is 35.2 Å². The van der Waals surface area contributed by atoms with Crippen LogP contribution < -0.4 is 5.73 Å². The Morgan fingerprint density at radius 1 is 1.15 bits per heavy atom. The summed E-state index contributed by atoms with van der Waals surface area (Å²) >= 11 is 0. The van der Waals surface area contributed by atoms with E-state index in [-0.39, 0.29) is 5.60 Å². The largest absolute Gasteiger partial charge is 0.375 e. The molecule has 78 valence electrons. The van der Waals surface area contributed by atoms with Crippen molar-refractivity contribution in [2.24, 2.45) is 5.73 Å². The Bertz CT molecular complexity index is 131. The summed E-state index contributed by atoms with van der Waals surface area (Å²) < 4.78 is 5.77. The molecular weight excluding hydrogens is 162 g/mol. The second-order valence-electron chi connectivity index (χ2n) is 3.97. The molecule has 1 spiro atoms. The summed E-state index contributed by atoms with van der Waals surface area (Å²) in [7, 11) is 0. The molecule has 0 amide bonds. The molecule has 0 aromatic heterocycles. The Kier molecular flexibility index (Phi) is 4.20. The molecule has 1 heterocycles. The highest BCUT2D eigenvalue weighted by molar-refractivity contribution is 4.91. The molecule has 1 saturated carbocycles. The van der Waals surface area contributed by atoms with E-state index in [0.29, 0.717) is 6.04 Å². The highest BCUT2D eigenvalue weighted by atomic mass is 16.5. The van der Waals surface area contributed by atoms with E-state index in [2.05, 4.69) is 0 Å². The molecule has 2 heteroatoms. The van der Waals surface area contributed by atoms with Crippen molar-refractivity contribution in [1.29, 1.82) is 0 Å². The van der Waals surface area contributed by atoms with Crippen LogP contribution in [0.3, 0.4) is 0 Å². The van der Waals surface area contributed by atoms with E-state index in [1.807, 2.05) is 13.8 Å². The van der Waals surface area contributed by atoms with Gasteiger partial charge in [0.05, 0.1) is 5.60 Å². The molecule has 0 atom stereocenters. The fourth-order valence-electron chi connectivity index (χ4n) is 2.32. The average Bonchev–Trinajstić information content (AvgIpc) is 2.63. The third-order valence-electron chi connectivity index (χ3n) is 3.13. The van der Waals surface area contributed by atoms with E-state index < -0.39 is 0 Å². The van der Waals surface area contributed by atoms with Gasteiger partial charge in [-0.05, 0) is 38.5 Å². The third kappa shape index (κ3) is 2.68. The zero-order chi connectivity index (χ0) is 9.73. The van der Waals surface area contributed by atoms with Gasteiger partial charge in [0.2, 0.25) is 0 Å². The first-order valence-electron chi connectivity index (χ1n) is 5.70. The Labute approximate surface area is 81.8 Å². The molecule has 0 bridgehead atoms. The molecule has 0 aromatic rings. The smallest absolute Gasteiger partial charge is 0.0684 e. The third-order valence-corrected chi connectivity index (χ3v) is 3.13. The van der Waals surface area contributed by atoms with Crippen molar-refractivity contribution in [1.82, 2.24) is 0 Å². The Hall–Kier alpha value is -0.0800. The van der Waals surface area contributed by atoms with Gasteiger partial charge in [-0.15, -0.1) is 0 Å². The van der Waals surface area contributed by atoms with Gasteiger partial charge < -0.3 is 10.5 Å². The van der Waals surface area contributed by atoms with Crippen molar-refractivity contribution in [3.8, 4) is 0 Å². The minimum atomic E-state index is 0.274. The van der Waals surface area contributed by atoms with Gasteiger partial charge >= 0.3 is 0 Å². The van der Waals surface area contributed by atoms with Crippen molar-refractivity contribution in [3.05, 3.63) is 0 Å². The van der Waals surface area contributed by atoms with Crippen molar-refractivity contribution >= 4 is 0 Å². The van der Waals surface area contributed by atoms with Gasteiger partial charge in [0.25, 0.3) is 0 Å². The molecule has 2 aliphatic rings. The Balaban J connectivity index is 0.000000396. The van der Waals surface area contributed by atoms with Crippen molar-refractivity contribution < 1.29 is 4.74 Å². The lowest BCUT2D eigenvalue weighted by Gasteiger charge is -2.35. The lowest BCUT2D eigenvalue weighted by Crippen LogP contribution is -2.38. The summed E-state index contributed by atoms with van der Waals surface area (Å²) in [6.07, 6.45) is 7.28. The van der Waals surface area contributed by atoms with Crippen LogP contribution >= 0.6 is 0 Å². The summed E-state index contributed by atoms with van der Waals surface area (Å²) in [5.74, 6) is 0. The van der Waals surface area contributed by atoms with Crippen molar-refractivity contribution in [2.45, 2.75) is 64.0 Å². The number of hydrogen-bond donors (Lipinski definition) is 1. The van der Waals surface area contributed by atoms with Crippen LogP contribution in [0.4, 0.5) is 0 Å². The summed E-state index contributed by atoms with van der Waals surface area (Å²) in [6.45, 7) is 4.98. The van der Waals surface area contributed by atoms with Crippen molar-refractivity contribution in [2.75, 3.05) is 6.61 Å². The first-order chi connectivity index (χ1) is 6.31. The van der Waals surface area contributed by atoms with Crippen LogP contribution in [0.15, 0.2) is 0 Å². The molecule has 1 aliphatic heterocycles. The van der Waals surface area contributed by atoms with Crippen LogP contribution in [0.1, 0.15) is 52.4 Å². The summed E-state index contributed by atoms with van der Waals surface area (Å²) in [4.78, 5) is 0. The fraction of sp³-hybridized carbons (Fsp3) is 1.00. The lowest BCUT2D eigenvalue weighted by atomic mass is 9.81. The summed E-state index contributed by atoms with van der Waals surface area (Å²) in [5, 5.41) is 0. The van der Waals surface area contributed by atoms with Gasteiger partial charge in [-0.1, -0.05) is 13.8 Å². The van der Waals surface area contributed by atoms with E-state index in [9.17, 15) is 0 Å². The number of hydrogen-bond acceptors (Lipinski definition) is 2. The zero-order valence-electron chi connectivity index (χ0n) is 9.01. The maximum absolute atomic E-state index is 5.83. The van der Waals surface area contributed by atoms with Gasteiger partial charge in [0, 0.05) is 12.6 Å². The van der Waals surface area contributed by atoms with E-state index in [4.69, 9.17) is 10.5 Å². The Morgan fingerprint density at radius 3 is 2.23 bits per heavy atom. The molecule has 1 saturated heterocycles. The monoisotopic (exact) mass is 185 g/mol. The fourth-order valence-corrected chi connectivity index (χ4v) is 2.32. The first-order valence-corrected chi connectivity index (χ1v) is 5.70. The maximum atomic E-state index is 5.83. The predicted molar refractivity (Wildman–Crippen MR) is 55.7 cm³/mol. The highest BCUT2D eigenvalue weighted by Crippen LogP contribution is 2.38. The molecule has 0 aromatic carbocycles. The second-order valence-corrected chi connectivity index (χ2v) is 3.97. The maximum Gasteiger partial charge on any atom is 0.0684 e. The molecule has 2 rings (SSSR count). The van der Waals surface area contributed by atoms with Crippen molar-refractivity contribution in [3.63, 3.8) is 0 Å². The first kappa shape index (κ1) is 11.0.